The van der Waals surface area contributed by atoms with Gasteiger partial charge in [0.15, 0.2) is 0 Å². The summed E-state index contributed by atoms with van der Waals surface area (Å²) in [5.41, 5.74) is 1.01. The second-order valence-corrected chi connectivity index (χ2v) is 7.67. The van der Waals surface area contributed by atoms with Crippen LogP contribution in [0.5, 0.6) is 5.75 Å². The van der Waals surface area contributed by atoms with Gasteiger partial charge in [0.25, 0.3) is 5.91 Å². The van der Waals surface area contributed by atoms with Gasteiger partial charge in [-0.25, -0.2) is 0 Å². The zero-order valence-corrected chi connectivity index (χ0v) is 16.5. The average Bonchev–Trinajstić information content (AvgIpc) is 3.13. The van der Waals surface area contributed by atoms with Crippen LogP contribution in [0.3, 0.4) is 0 Å². The quantitative estimate of drug-likeness (QED) is 0.861. The Morgan fingerprint density at radius 1 is 1.21 bits per heavy atom. The third-order valence-corrected chi connectivity index (χ3v) is 6.01. The van der Waals surface area contributed by atoms with Gasteiger partial charge in [0.1, 0.15) is 5.75 Å². The maximum absolute atomic E-state index is 13.1. The van der Waals surface area contributed by atoms with Crippen LogP contribution in [0.4, 0.5) is 5.69 Å². The molecule has 152 valence electrons. The third kappa shape index (κ3) is 3.96. The van der Waals surface area contributed by atoms with Gasteiger partial charge >= 0.3 is 0 Å². The second-order valence-electron chi connectivity index (χ2n) is 7.67. The van der Waals surface area contributed by atoms with Crippen LogP contribution in [0.1, 0.15) is 23.2 Å². The van der Waals surface area contributed by atoms with Crippen molar-refractivity contribution in [3.8, 4) is 5.75 Å². The second kappa shape index (κ2) is 8.21. The van der Waals surface area contributed by atoms with E-state index in [1.54, 1.807) is 54.7 Å². The first-order valence-electron chi connectivity index (χ1n) is 9.83. The van der Waals surface area contributed by atoms with Crippen LogP contribution in [0.15, 0.2) is 48.8 Å². The van der Waals surface area contributed by atoms with Crippen LogP contribution in [-0.2, 0) is 9.53 Å². The Hall–Kier alpha value is -2.93. The van der Waals surface area contributed by atoms with Gasteiger partial charge in [-0.3, -0.25) is 14.6 Å². The van der Waals surface area contributed by atoms with Crippen LogP contribution in [0, 0.1) is 11.3 Å². The topological polar surface area (TPSA) is 80.8 Å². The van der Waals surface area contributed by atoms with E-state index in [9.17, 15) is 9.59 Å². The summed E-state index contributed by atoms with van der Waals surface area (Å²) in [6.45, 7) is 2.19. The number of carbonyl (C=O) groups is 2. The summed E-state index contributed by atoms with van der Waals surface area (Å²) in [5.74, 6) is 0.298. The fraction of sp³-hybridized carbons (Fsp3) is 0.409. The Bertz CT molecular complexity index is 863. The lowest BCUT2D eigenvalue weighted by atomic mass is 9.71. The normalized spacial score (nSPS) is 20.4. The van der Waals surface area contributed by atoms with Crippen molar-refractivity contribution in [3.05, 3.63) is 54.4 Å². The predicted molar refractivity (Wildman–Crippen MR) is 108 cm³/mol. The van der Waals surface area contributed by atoms with Crippen LogP contribution in [0.2, 0.25) is 0 Å². The summed E-state index contributed by atoms with van der Waals surface area (Å²) >= 11 is 0. The predicted octanol–water partition coefficient (Wildman–Crippen LogP) is 2.60. The first-order valence-corrected chi connectivity index (χ1v) is 9.83. The van der Waals surface area contributed by atoms with Gasteiger partial charge in [-0.2, -0.15) is 0 Å². The molecule has 29 heavy (non-hydrogen) atoms. The standard InChI is InChI=1S/C22H25N3O4/c1-28-18-6-4-16(5-7-18)21(27)25-14-19(22(15-25)8-11-29-12-9-22)20(26)24-17-3-2-10-23-13-17/h2-7,10,13,19H,8-9,11-12,14-15H2,1H3,(H,24,26). The Morgan fingerprint density at radius 2 is 1.97 bits per heavy atom. The molecule has 2 fully saturated rings. The highest BCUT2D eigenvalue weighted by Crippen LogP contribution is 2.45. The number of ether oxygens (including phenoxy) is 2. The minimum absolute atomic E-state index is 0.0600. The molecule has 2 aromatic rings. The monoisotopic (exact) mass is 395 g/mol. The zero-order chi connectivity index (χ0) is 20.3. The average molecular weight is 395 g/mol. The maximum atomic E-state index is 13.1. The van der Waals surface area contributed by atoms with Gasteiger partial charge in [-0.1, -0.05) is 0 Å². The third-order valence-electron chi connectivity index (χ3n) is 6.01. The first kappa shape index (κ1) is 19.4. The number of hydrogen-bond acceptors (Lipinski definition) is 5. The van der Waals surface area contributed by atoms with Gasteiger partial charge in [0.05, 0.1) is 24.9 Å². The Morgan fingerprint density at radius 3 is 2.62 bits per heavy atom. The number of rotatable bonds is 4. The number of aromatic nitrogens is 1. The fourth-order valence-corrected chi connectivity index (χ4v) is 4.35. The number of nitrogens with one attached hydrogen (secondary N) is 1. The SMILES string of the molecule is COc1ccc(C(=O)N2CC(C(=O)Nc3cccnc3)C3(CCOCC3)C2)cc1. The molecule has 0 radical (unpaired) electrons. The van der Waals surface area contributed by atoms with E-state index in [1.165, 1.54) is 0 Å². The highest BCUT2D eigenvalue weighted by atomic mass is 16.5. The number of pyridine rings is 1. The Labute approximate surface area is 170 Å². The van der Waals surface area contributed by atoms with Crippen molar-refractivity contribution in [1.82, 2.24) is 9.88 Å². The molecule has 2 aliphatic rings. The molecule has 3 heterocycles. The molecule has 1 spiro atoms. The van der Waals surface area contributed by atoms with Crippen molar-refractivity contribution in [2.75, 3.05) is 38.7 Å². The summed E-state index contributed by atoms with van der Waals surface area (Å²) in [6.07, 6.45) is 4.83. The van der Waals surface area contributed by atoms with Crippen LogP contribution < -0.4 is 10.1 Å². The van der Waals surface area contributed by atoms with Crippen molar-refractivity contribution in [1.29, 1.82) is 0 Å². The summed E-state index contributed by atoms with van der Waals surface area (Å²) < 4.78 is 10.7. The number of anilines is 1. The van der Waals surface area contributed by atoms with Crippen molar-refractivity contribution in [3.63, 3.8) is 0 Å². The number of nitrogens with zero attached hydrogens (tertiary/aromatic N) is 2. The summed E-state index contributed by atoms with van der Waals surface area (Å²) in [5, 5.41) is 2.97. The summed E-state index contributed by atoms with van der Waals surface area (Å²) in [6, 6.07) is 10.7. The molecule has 2 saturated heterocycles. The molecular formula is C22H25N3O4. The molecule has 1 N–H and O–H groups in total. The van der Waals surface area contributed by atoms with E-state index in [2.05, 4.69) is 10.3 Å². The molecule has 0 aliphatic carbocycles. The smallest absolute Gasteiger partial charge is 0.253 e. The largest absolute Gasteiger partial charge is 0.497 e. The van der Waals surface area contributed by atoms with E-state index in [-0.39, 0.29) is 23.1 Å². The van der Waals surface area contributed by atoms with Crippen LogP contribution in [0.25, 0.3) is 0 Å². The summed E-state index contributed by atoms with van der Waals surface area (Å²) in [4.78, 5) is 32.1. The molecular weight excluding hydrogens is 370 g/mol. The molecule has 1 aromatic heterocycles. The van der Waals surface area contributed by atoms with E-state index in [0.717, 1.165) is 12.8 Å². The molecule has 7 nitrogen and oxygen atoms in total. The zero-order valence-electron chi connectivity index (χ0n) is 16.5. The lowest BCUT2D eigenvalue weighted by Gasteiger charge is -2.37. The first-order chi connectivity index (χ1) is 14.1. The van der Waals surface area contributed by atoms with Gasteiger partial charge in [-0.15, -0.1) is 0 Å². The number of benzene rings is 1. The molecule has 0 saturated carbocycles. The molecule has 7 heteroatoms. The number of carbonyl (C=O) groups excluding carboxylic acids is 2. The Balaban J connectivity index is 1.55. The lowest BCUT2D eigenvalue weighted by Crippen LogP contribution is -2.42. The van der Waals surface area contributed by atoms with E-state index in [0.29, 0.717) is 43.3 Å². The van der Waals surface area contributed by atoms with Crippen LogP contribution in [-0.4, -0.2) is 55.1 Å². The van der Waals surface area contributed by atoms with Gasteiger partial charge in [-0.05, 0) is 49.2 Å². The minimum atomic E-state index is -0.284. The van der Waals surface area contributed by atoms with Gasteiger partial charge < -0.3 is 19.7 Å². The van der Waals surface area contributed by atoms with E-state index in [1.807, 2.05) is 6.07 Å². The molecule has 1 aromatic carbocycles. The molecule has 2 amide bonds. The Kier molecular flexibility index (Phi) is 5.49. The molecule has 1 atom stereocenters. The molecule has 1 unspecified atom stereocenters. The van der Waals surface area contributed by atoms with Crippen molar-refractivity contribution < 1.29 is 19.1 Å². The number of likely N-dealkylation sites (tertiary alicyclic amines) is 1. The minimum Gasteiger partial charge on any atom is -0.497 e. The van der Waals surface area contributed by atoms with Gasteiger partial charge in [0, 0.05) is 43.5 Å². The van der Waals surface area contributed by atoms with Crippen molar-refractivity contribution in [2.24, 2.45) is 11.3 Å². The maximum Gasteiger partial charge on any atom is 0.253 e. The summed E-state index contributed by atoms with van der Waals surface area (Å²) in [7, 11) is 1.59. The highest BCUT2D eigenvalue weighted by Gasteiger charge is 2.51. The molecule has 0 bridgehead atoms. The van der Waals surface area contributed by atoms with E-state index in [4.69, 9.17) is 9.47 Å². The van der Waals surface area contributed by atoms with Crippen molar-refractivity contribution >= 4 is 17.5 Å². The lowest BCUT2D eigenvalue weighted by molar-refractivity contribution is -0.124. The fourth-order valence-electron chi connectivity index (χ4n) is 4.35. The number of amides is 2. The van der Waals surface area contributed by atoms with E-state index < -0.39 is 0 Å². The van der Waals surface area contributed by atoms with Crippen molar-refractivity contribution in [2.45, 2.75) is 12.8 Å². The van der Waals surface area contributed by atoms with Crippen LogP contribution >= 0.6 is 0 Å². The molecule has 2 aliphatic heterocycles. The number of methoxy groups -OCH3 is 1. The number of hydrogen-bond donors (Lipinski definition) is 1. The highest BCUT2D eigenvalue weighted by molar-refractivity contribution is 5.97. The molecule has 4 rings (SSSR count). The van der Waals surface area contributed by atoms with E-state index >= 15 is 0 Å². The van der Waals surface area contributed by atoms with Gasteiger partial charge in [0.2, 0.25) is 5.91 Å².